The summed E-state index contributed by atoms with van der Waals surface area (Å²) in [5, 5.41) is 21.0. The molecule has 1 heterocycles. The average Bonchev–Trinajstić information content (AvgIpc) is 2.47. The molecule has 0 spiro atoms. The van der Waals surface area contributed by atoms with Crippen LogP contribution in [0.25, 0.3) is 10.8 Å². The van der Waals surface area contributed by atoms with Crippen molar-refractivity contribution >= 4 is 28.1 Å². The van der Waals surface area contributed by atoms with Crippen molar-refractivity contribution in [1.82, 2.24) is 4.98 Å². The van der Waals surface area contributed by atoms with E-state index >= 15 is 0 Å². The second-order valence-electron chi connectivity index (χ2n) is 4.51. The van der Waals surface area contributed by atoms with Crippen LogP contribution in [0.4, 0.5) is 11.4 Å². The van der Waals surface area contributed by atoms with Gasteiger partial charge in [-0.15, -0.1) is 0 Å². The number of hydrogen-bond acceptors (Lipinski definition) is 5. The maximum absolute atomic E-state index is 11.1. The van der Waals surface area contributed by atoms with Crippen molar-refractivity contribution in [3.05, 3.63) is 40.7 Å². The molecule has 0 bridgehead atoms. The molecule has 1 aromatic heterocycles. The first-order valence-electron chi connectivity index (χ1n) is 6.52. The van der Waals surface area contributed by atoms with E-state index < -0.39 is 10.9 Å². The fourth-order valence-corrected chi connectivity index (χ4v) is 2.27. The van der Waals surface area contributed by atoms with Crippen molar-refractivity contribution in [2.75, 3.05) is 18.0 Å². The molecule has 0 amide bonds. The Labute approximate surface area is 121 Å². The lowest BCUT2D eigenvalue weighted by atomic mass is 10.1. The number of nitro groups is 1. The van der Waals surface area contributed by atoms with Crippen LogP contribution in [0.15, 0.2) is 30.6 Å². The molecule has 0 aliphatic heterocycles. The maximum Gasteiger partial charge on any atom is 0.305 e. The summed E-state index contributed by atoms with van der Waals surface area (Å²) >= 11 is 0. The number of carboxylic acids is 1. The second-order valence-corrected chi connectivity index (χ2v) is 4.51. The number of nitrogens with zero attached hydrogens (tertiary/aromatic N) is 3. The zero-order valence-corrected chi connectivity index (χ0v) is 11.5. The average molecular weight is 289 g/mol. The number of aliphatic carboxylic acids is 1. The summed E-state index contributed by atoms with van der Waals surface area (Å²) in [6.45, 7) is 2.86. The fraction of sp³-hybridized carbons (Fsp3) is 0.286. The molecule has 0 atom stereocenters. The summed E-state index contributed by atoms with van der Waals surface area (Å²) in [7, 11) is 0. The van der Waals surface area contributed by atoms with E-state index in [4.69, 9.17) is 5.11 Å². The number of carbonyl (C=O) groups is 1. The van der Waals surface area contributed by atoms with Gasteiger partial charge in [0.2, 0.25) is 0 Å². The molecule has 1 N–H and O–H groups in total. The molecular weight excluding hydrogens is 274 g/mol. The first-order valence-corrected chi connectivity index (χ1v) is 6.52. The first-order chi connectivity index (χ1) is 10.0. The fourth-order valence-electron chi connectivity index (χ4n) is 2.27. The third-order valence-electron chi connectivity index (χ3n) is 3.29. The number of benzene rings is 1. The predicted molar refractivity (Wildman–Crippen MR) is 78.5 cm³/mol. The highest BCUT2D eigenvalue weighted by Gasteiger charge is 2.17. The molecule has 2 aromatic rings. The summed E-state index contributed by atoms with van der Waals surface area (Å²) in [6.07, 6.45) is 3.08. The van der Waals surface area contributed by atoms with Crippen molar-refractivity contribution in [2.24, 2.45) is 0 Å². The molecule has 0 radical (unpaired) electrons. The Bertz CT molecular complexity index is 687. The van der Waals surface area contributed by atoms with E-state index in [1.807, 2.05) is 11.8 Å². The zero-order chi connectivity index (χ0) is 15.4. The van der Waals surface area contributed by atoms with Crippen LogP contribution < -0.4 is 4.90 Å². The number of nitro benzene ring substituents is 1. The van der Waals surface area contributed by atoms with E-state index in [9.17, 15) is 14.9 Å². The number of hydrogen-bond donors (Lipinski definition) is 1. The van der Waals surface area contributed by atoms with Crippen molar-refractivity contribution < 1.29 is 14.8 Å². The van der Waals surface area contributed by atoms with Gasteiger partial charge in [0.25, 0.3) is 5.69 Å². The highest BCUT2D eigenvalue weighted by Crippen LogP contribution is 2.32. The molecule has 7 nitrogen and oxygen atoms in total. The van der Waals surface area contributed by atoms with Gasteiger partial charge in [0, 0.05) is 42.6 Å². The van der Waals surface area contributed by atoms with E-state index in [-0.39, 0.29) is 12.1 Å². The van der Waals surface area contributed by atoms with Crippen molar-refractivity contribution in [3.63, 3.8) is 0 Å². The van der Waals surface area contributed by atoms with Gasteiger partial charge >= 0.3 is 5.97 Å². The molecule has 2 rings (SSSR count). The van der Waals surface area contributed by atoms with Crippen LogP contribution in [0.3, 0.4) is 0 Å². The first kappa shape index (κ1) is 14.7. The molecule has 0 saturated heterocycles. The normalized spacial score (nSPS) is 10.5. The van der Waals surface area contributed by atoms with Crippen molar-refractivity contribution in [1.29, 1.82) is 0 Å². The molecule has 0 saturated carbocycles. The molecule has 0 aliphatic rings. The number of anilines is 1. The van der Waals surface area contributed by atoms with Gasteiger partial charge in [0.15, 0.2) is 0 Å². The van der Waals surface area contributed by atoms with Crippen LogP contribution in [0.1, 0.15) is 13.3 Å². The Morgan fingerprint density at radius 3 is 2.76 bits per heavy atom. The Morgan fingerprint density at radius 1 is 1.38 bits per heavy atom. The smallest absolute Gasteiger partial charge is 0.305 e. The molecule has 0 unspecified atom stereocenters. The summed E-state index contributed by atoms with van der Waals surface area (Å²) in [5.74, 6) is -0.877. The molecule has 7 heteroatoms. The lowest BCUT2D eigenvalue weighted by Crippen LogP contribution is -2.26. The molecule has 0 aliphatic carbocycles. The quantitative estimate of drug-likeness (QED) is 0.648. The number of non-ortho nitro benzene ring substituents is 1. The minimum absolute atomic E-state index is 0.00653. The van der Waals surface area contributed by atoms with Crippen LogP contribution in [-0.2, 0) is 4.79 Å². The number of pyridine rings is 1. The summed E-state index contributed by atoms with van der Waals surface area (Å²) < 4.78 is 0. The SMILES string of the molecule is CCN(CCC(=O)O)c1ccc([N+](=O)[O-])c2ccncc12. The van der Waals surface area contributed by atoms with Crippen LogP contribution in [0, 0.1) is 10.1 Å². The Morgan fingerprint density at radius 2 is 2.14 bits per heavy atom. The topological polar surface area (TPSA) is 96.6 Å². The summed E-state index contributed by atoms with van der Waals surface area (Å²) in [6, 6.07) is 4.69. The van der Waals surface area contributed by atoms with Crippen LogP contribution in [0.5, 0.6) is 0 Å². The Kier molecular flexibility index (Phi) is 4.32. The van der Waals surface area contributed by atoms with E-state index in [0.717, 1.165) is 5.69 Å². The summed E-state index contributed by atoms with van der Waals surface area (Å²) in [5.41, 5.74) is 0.776. The predicted octanol–water partition coefficient (Wildman–Crippen LogP) is 2.44. The Balaban J connectivity index is 2.51. The van der Waals surface area contributed by atoms with E-state index in [0.29, 0.717) is 23.9 Å². The van der Waals surface area contributed by atoms with E-state index in [2.05, 4.69) is 4.98 Å². The second kappa shape index (κ2) is 6.17. The van der Waals surface area contributed by atoms with Gasteiger partial charge in [-0.05, 0) is 19.1 Å². The number of aromatic nitrogens is 1. The lowest BCUT2D eigenvalue weighted by molar-refractivity contribution is -0.383. The van der Waals surface area contributed by atoms with Gasteiger partial charge in [0.1, 0.15) is 0 Å². The monoisotopic (exact) mass is 289 g/mol. The molecule has 21 heavy (non-hydrogen) atoms. The van der Waals surface area contributed by atoms with Crippen molar-refractivity contribution in [2.45, 2.75) is 13.3 Å². The van der Waals surface area contributed by atoms with Gasteiger partial charge in [-0.3, -0.25) is 19.9 Å². The highest BCUT2D eigenvalue weighted by molar-refractivity contribution is 5.99. The number of rotatable bonds is 6. The van der Waals surface area contributed by atoms with Crippen molar-refractivity contribution in [3.8, 4) is 0 Å². The van der Waals surface area contributed by atoms with Crippen LogP contribution >= 0.6 is 0 Å². The molecule has 110 valence electrons. The van der Waals surface area contributed by atoms with E-state index in [1.54, 1.807) is 18.3 Å². The van der Waals surface area contributed by atoms with Gasteiger partial charge in [-0.2, -0.15) is 0 Å². The minimum Gasteiger partial charge on any atom is -0.481 e. The third kappa shape index (κ3) is 3.07. The number of carboxylic acid groups (broad SMARTS) is 1. The summed E-state index contributed by atoms with van der Waals surface area (Å²) in [4.78, 5) is 27.3. The standard InChI is InChI=1S/C14H15N3O4/c1-2-16(8-6-14(18)19)12-3-4-13(17(20)21)10-5-7-15-9-11(10)12/h3-5,7,9H,2,6,8H2,1H3,(H,18,19). The minimum atomic E-state index is -0.877. The zero-order valence-electron chi connectivity index (χ0n) is 11.5. The third-order valence-corrected chi connectivity index (χ3v) is 3.29. The molecular formula is C14H15N3O4. The maximum atomic E-state index is 11.1. The molecule has 0 fully saturated rings. The van der Waals surface area contributed by atoms with Crippen LogP contribution in [0.2, 0.25) is 0 Å². The van der Waals surface area contributed by atoms with Crippen LogP contribution in [-0.4, -0.2) is 34.1 Å². The van der Waals surface area contributed by atoms with Gasteiger partial charge in [-0.25, -0.2) is 0 Å². The highest BCUT2D eigenvalue weighted by atomic mass is 16.6. The van der Waals surface area contributed by atoms with Gasteiger partial charge in [0.05, 0.1) is 16.7 Å². The van der Waals surface area contributed by atoms with E-state index in [1.165, 1.54) is 12.3 Å². The largest absolute Gasteiger partial charge is 0.481 e. The number of fused-ring (bicyclic) bond motifs is 1. The van der Waals surface area contributed by atoms with Gasteiger partial charge < -0.3 is 10.0 Å². The molecule has 1 aromatic carbocycles. The lowest BCUT2D eigenvalue weighted by Gasteiger charge is -2.23. The van der Waals surface area contributed by atoms with Gasteiger partial charge in [-0.1, -0.05) is 0 Å². The Hall–Kier alpha value is -2.70.